The fraction of sp³-hybridized carbons (Fsp3) is 0.455. The van der Waals surface area contributed by atoms with Crippen molar-refractivity contribution in [1.82, 2.24) is 4.98 Å². The highest BCUT2D eigenvalue weighted by Gasteiger charge is 2.23. The Balaban J connectivity index is 2.41. The van der Waals surface area contributed by atoms with Crippen LogP contribution in [0.1, 0.15) is 12.8 Å². The molecule has 17 heavy (non-hydrogen) atoms. The molecule has 1 aromatic heterocycles. The Morgan fingerprint density at radius 1 is 1.41 bits per heavy atom. The van der Waals surface area contributed by atoms with Crippen LogP contribution in [-0.4, -0.2) is 38.5 Å². The molecule has 0 N–H and O–H groups in total. The van der Waals surface area contributed by atoms with Crippen LogP contribution in [0.25, 0.3) is 0 Å². The highest BCUT2D eigenvalue weighted by molar-refractivity contribution is 7.90. The second-order valence-corrected chi connectivity index (χ2v) is 6.15. The predicted molar refractivity (Wildman–Crippen MR) is 63.8 cm³/mol. The standard InChI is InChI=1S/C11H14N2O3S/c1-17(15,16)10-5-2-6-12-11(10)13-7-3-4-9(14)8-13/h2,5-6H,3-4,7-8H2,1H3. The summed E-state index contributed by atoms with van der Waals surface area (Å²) in [6.45, 7) is 0.921. The number of carbonyl (C=O) groups is 1. The normalized spacial score (nSPS) is 17.2. The van der Waals surface area contributed by atoms with Gasteiger partial charge in [-0.25, -0.2) is 13.4 Å². The number of piperidine rings is 1. The number of Topliss-reactive ketones (excluding diaryl/α,β-unsaturated/α-hetero) is 1. The lowest BCUT2D eigenvalue weighted by molar-refractivity contribution is -0.118. The Morgan fingerprint density at radius 2 is 2.18 bits per heavy atom. The van der Waals surface area contributed by atoms with Gasteiger partial charge in [0.05, 0.1) is 6.54 Å². The lowest BCUT2D eigenvalue weighted by atomic mass is 10.1. The minimum absolute atomic E-state index is 0.126. The van der Waals surface area contributed by atoms with Crippen LogP contribution in [0.5, 0.6) is 0 Å². The molecular formula is C11H14N2O3S. The van der Waals surface area contributed by atoms with E-state index in [0.29, 0.717) is 18.8 Å². The summed E-state index contributed by atoms with van der Waals surface area (Å²) in [6, 6.07) is 3.11. The molecule has 6 heteroatoms. The van der Waals surface area contributed by atoms with Gasteiger partial charge in [0.1, 0.15) is 10.7 Å². The van der Waals surface area contributed by atoms with Gasteiger partial charge >= 0.3 is 0 Å². The Labute approximate surface area is 100 Å². The Hall–Kier alpha value is -1.43. The van der Waals surface area contributed by atoms with E-state index in [2.05, 4.69) is 4.98 Å². The first-order valence-electron chi connectivity index (χ1n) is 5.40. The maximum atomic E-state index is 11.6. The molecule has 1 aliphatic rings. The van der Waals surface area contributed by atoms with E-state index in [-0.39, 0.29) is 17.2 Å². The van der Waals surface area contributed by atoms with Gasteiger partial charge in [0.15, 0.2) is 15.6 Å². The number of nitrogens with zero attached hydrogens (tertiary/aromatic N) is 2. The van der Waals surface area contributed by atoms with Crippen LogP contribution in [0.4, 0.5) is 5.82 Å². The molecule has 0 aliphatic carbocycles. The molecule has 5 nitrogen and oxygen atoms in total. The minimum Gasteiger partial charge on any atom is -0.348 e. The van der Waals surface area contributed by atoms with Gasteiger partial charge in [-0.1, -0.05) is 0 Å². The zero-order valence-corrected chi connectivity index (χ0v) is 10.4. The predicted octanol–water partition coefficient (Wildman–Crippen LogP) is 0.654. The van der Waals surface area contributed by atoms with Gasteiger partial charge in [-0.2, -0.15) is 0 Å². The molecule has 0 spiro atoms. The van der Waals surface area contributed by atoms with Gasteiger partial charge in [-0.15, -0.1) is 0 Å². The topological polar surface area (TPSA) is 67.3 Å². The van der Waals surface area contributed by atoms with E-state index in [1.54, 1.807) is 17.2 Å². The molecule has 1 aromatic rings. The van der Waals surface area contributed by atoms with Crippen molar-refractivity contribution in [3.05, 3.63) is 18.3 Å². The van der Waals surface area contributed by atoms with Gasteiger partial charge in [-0.05, 0) is 18.6 Å². The van der Waals surface area contributed by atoms with E-state index in [1.165, 1.54) is 6.07 Å². The summed E-state index contributed by atoms with van der Waals surface area (Å²) in [5, 5.41) is 0. The average molecular weight is 254 g/mol. The molecule has 2 heterocycles. The number of sulfone groups is 1. The second-order valence-electron chi connectivity index (χ2n) is 4.16. The van der Waals surface area contributed by atoms with Crippen molar-refractivity contribution in [1.29, 1.82) is 0 Å². The zero-order chi connectivity index (χ0) is 12.5. The molecule has 2 rings (SSSR count). The fourth-order valence-corrected chi connectivity index (χ4v) is 2.77. The molecule has 0 amide bonds. The van der Waals surface area contributed by atoms with Crippen LogP contribution in [-0.2, 0) is 14.6 Å². The van der Waals surface area contributed by atoms with Crippen LogP contribution in [0, 0.1) is 0 Å². The number of ketones is 1. The van der Waals surface area contributed by atoms with Crippen molar-refractivity contribution in [3.63, 3.8) is 0 Å². The van der Waals surface area contributed by atoms with E-state index in [1.807, 2.05) is 0 Å². The highest BCUT2D eigenvalue weighted by Crippen LogP contribution is 2.24. The Bertz CT molecular complexity index is 539. The monoisotopic (exact) mass is 254 g/mol. The molecule has 92 valence electrons. The number of carbonyl (C=O) groups excluding carboxylic acids is 1. The van der Waals surface area contributed by atoms with E-state index in [9.17, 15) is 13.2 Å². The number of pyridine rings is 1. The minimum atomic E-state index is -3.32. The molecular weight excluding hydrogens is 240 g/mol. The summed E-state index contributed by atoms with van der Waals surface area (Å²) in [5.41, 5.74) is 0. The molecule has 1 saturated heterocycles. The number of hydrogen-bond donors (Lipinski definition) is 0. The van der Waals surface area contributed by atoms with E-state index in [4.69, 9.17) is 0 Å². The van der Waals surface area contributed by atoms with Gasteiger partial charge in [0, 0.05) is 25.4 Å². The first-order chi connectivity index (χ1) is 7.98. The molecule has 1 aliphatic heterocycles. The molecule has 0 unspecified atom stereocenters. The lowest BCUT2D eigenvalue weighted by Gasteiger charge is -2.27. The van der Waals surface area contributed by atoms with Crippen LogP contribution in [0.2, 0.25) is 0 Å². The third-order valence-electron chi connectivity index (χ3n) is 2.70. The molecule has 0 atom stereocenters. The molecule has 0 radical (unpaired) electrons. The lowest BCUT2D eigenvalue weighted by Crippen LogP contribution is -2.36. The van der Waals surface area contributed by atoms with Crippen LogP contribution in [0.3, 0.4) is 0 Å². The van der Waals surface area contributed by atoms with E-state index >= 15 is 0 Å². The first kappa shape index (κ1) is 12.0. The number of anilines is 1. The zero-order valence-electron chi connectivity index (χ0n) is 9.59. The quantitative estimate of drug-likeness (QED) is 0.775. The molecule has 1 fully saturated rings. The summed E-state index contributed by atoms with van der Waals surface area (Å²) in [4.78, 5) is 17.4. The van der Waals surface area contributed by atoms with Crippen molar-refractivity contribution in [3.8, 4) is 0 Å². The average Bonchev–Trinajstić information content (AvgIpc) is 2.28. The number of rotatable bonds is 2. The largest absolute Gasteiger partial charge is 0.348 e. The van der Waals surface area contributed by atoms with Crippen molar-refractivity contribution in [2.75, 3.05) is 24.2 Å². The summed E-state index contributed by atoms with van der Waals surface area (Å²) < 4.78 is 23.3. The van der Waals surface area contributed by atoms with Crippen molar-refractivity contribution in [2.24, 2.45) is 0 Å². The van der Waals surface area contributed by atoms with Gasteiger partial charge in [0.25, 0.3) is 0 Å². The van der Waals surface area contributed by atoms with Gasteiger partial charge < -0.3 is 4.90 Å². The summed E-state index contributed by atoms with van der Waals surface area (Å²) in [7, 11) is -3.32. The maximum Gasteiger partial charge on any atom is 0.179 e. The van der Waals surface area contributed by atoms with Crippen LogP contribution < -0.4 is 4.90 Å². The van der Waals surface area contributed by atoms with Crippen molar-refractivity contribution >= 4 is 21.4 Å². The molecule has 0 bridgehead atoms. The van der Waals surface area contributed by atoms with Crippen molar-refractivity contribution < 1.29 is 13.2 Å². The molecule has 0 saturated carbocycles. The smallest absolute Gasteiger partial charge is 0.179 e. The Kier molecular flexibility index (Phi) is 3.15. The van der Waals surface area contributed by atoms with E-state index in [0.717, 1.165) is 12.7 Å². The summed E-state index contributed by atoms with van der Waals surface area (Å²) in [5.74, 6) is 0.518. The number of aromatic nitrogens is 1. The van der Waals surface area contributed by atoms with Gasteiger partial charge in [0.2, 0.25) is 0 Å². The third-order valence-corrected chi connectivity index (χ3v) is 3.82. The highest BCUT2D eigenvalue weighted by atomic mass is 32.2. The second kappa shape index (κ2) is 4.44. The maximum absolute atomic E-state index is 11.6. The SMILES string of the molecule is CS(=O)(=O)c1cccnc1N1CCCC(=O)C1. The number of hydrogen-bond acceptors (Lipinski definition) is 5. The Morgan fingerprint density at radius 3 is 2.82 bits per heavy atom. The summed E-state index contributed by atoms with van der Waals surface area (Å²) in [6.07, 6.45) is 4.01. The third kappa shape index (κ3) is 2.63. The van der Waals surface area contributed by atoms with Crippen LogP contribution >= 0.6 is 0 Å². The van der Waals surface area contributed by atoms with Crippen LogP contribution in [0.15, 0.2) is 23.2 Å². The summed E-state index contributed by atoms with van der Waals surface area (Å²) >= 11 is 0. The van der Waals surface area contributed by atoms with Gasteiger partial charge in [-0.3, -0.25) is 4.79 Å². The first-order valence-corrected chi connectivity index (χ1v) is 7.29. The molecule has 0 aromatic carbocycles. The van der Waals surface area contributed by atoms with E-state index < -0.39 is 9.84 Å². The van der Waals surface area contributed by atoms with Crippen molar-refractivity contribution in [2.45, 2.75) is 17.7 Å². The fourth-order valence-electron chi connectivity index (χ4n) is 1.93.